The number of benzene rings is 2. The first kappa shape index (κ1) is 21.6. The molecule has 3 aromatic rings. The molecule has 0 aliphatic carbocycles. The molecule has 1 saturated heterocycles. The van der Waals surface area contributed by atoms with E-state index in [4.69, 9.17) is 0 Å². The van der Waals surface area contributed by atoms with E-state index in [0.717, 1.165) is 36.8 Å². The Labute approximate surface area is 184 Å². The number of nitrogens with zero attached hydrogens (tertiary/aromatic N) is 3. The van der Waals surface area contributed by atoms with Crippen molar-refractivity contribution in [1.82, 2.24) is 14.5 Å². The van der Waals surface area contributed by atoms with E-state index >= 15 is 0 Å². The van der Waals surface area contributed by atoms with E-state index < -0.39 is 0 Å². The molecule has 0 radical (unpaired) electrons. The summed E-state index contributed by atoms with van der Waals surface area (Å²) >= 11 is 0. The van der Waals surface area contributed by atoms with Crippen LogP contribution < -0.4 is 5.56 Å². The third kappa shape index (κ3) is 4.82. The fourth-order valence-electron chi connectivity index (χ4n) is 4.91. The molecule has 0 saturated carbocycles. The number of fused-ring (bicyclic) bond motifs is 1. The lowest BCUT2D eigenvalue weighted by molar-refractivity contribution is 0.101. The maximum atomic E-state index is 13.3. The van der Waals surface area contributed by atoms with Crippen LogP contribution >= 0.6 is 0 Å². The zero-order valence-corrected chi connectivity index (χ0v) is 18.6. The highest BCUT2D eigenvalue weighted by Gasteiger charge is 2.23. The summed E-state index contributed by atoms with van der Waals surface area (Å²) in [6.45, 7) is 6.52. The first-order valence-corrected chi connectivity index (χ1v) is 11.6. The summed E-state index contributed by atoms with van der Waals surface area (Å²) in [7, 11) is 0. The first-order valence-electron chi connectivity index (χ1n) is 11.6. The minimum atomic E-state index is -0.0948. The molecule has 5 nitrogen and oxygen atoms in total. The Bertz CT molecular complexity index is 1080. The van der Waals surface area contributed by atoms with Gasteiger partial charge in [0.15, 0.2) is 0 Å². The van der Waals surface area contributed by atoms with Crippen LogP contribution in [-0.2, 0) is 6.54 Å². The minimum Gasteiger partial charge on any atom is -0.508 e. The number of phenolic OH excluding ortho intramolecular Hbond substituents is 1. The molecule has 164 valence electrons. The highest BCUT2D eigenvalue weighted by Crippen LogP contribution is 2.24. The van der Waals surface area contributed by atoms with E-state index in [-0.39, 0.29) is 11.3 Å². The van der Waals surface area contributed by atoms with Crippen molar-refractivity contribution in [1.29, 1.82) is 0 Å². The summed E-state index contributed by atoms with van der Waals surface area (Å²) in [5.74, 6) is 0.138. The van der Waals surface area contributed by atoms with Gasteiger partial charge in [0.05, 0.1) is 11.0 Å². The van der Waals surface area contributed by atoms with Crippen molar-refractivity contribution in [2.75, 3.05) is 6.54 Å². The third-order valence-electron chi connectivity index (χ3n) is 6.65. The SMILES string of the molecule is C[C@@H]1CCC[C@H](C)N1CCCCCn1c(=O)c(-c2cccc(O)c2)nc2ccccc21. The van der Waals surface area contributed by atoms with E-state index in [2.05, 4.69) is 23.7 Å². The highest BCUT2D eigenvalue weighted by atomic mass is 16.3. The highest BCUT2D eigenvalue weighted by molar-refractivity contribution is 5.78. The van der Waals surface area contributed by atoms with E-state index in [9.17, 15) is 9.90 Å². The number of aromatic hydroxyl groups is 1. The molecular formula is C26H33N3O2. The average Bonchev–Trinajstić information content (AvgIpc) is 2.76. The lowest BCUT2D eigenvalue weighted by Gasteiger charge is -2.39. The van der Waals surface area contributed by atoms with Gasteiger partial charge in [-0.3, -0.25) is 9.69 Å². The van der Waals surface area contributed by atoms with Crippen LogP contribution in [0, 0.1) is 0 Å². The van der Waals surface area contributed by atoms with Crippen molar-refractivity contribution >= 4 is 11.0 Å². The number of para-hydroxylation sites is 2. The van der Waals surface area contributed by atoms with Gasteiger partial charge in [0.2, 0.25) is 0 Å². The van der Waals surface area contributed by atoms with Crippen molar-refractivity contribution in [2.45, 2.75) is 71.0 Å². The smallest absolute Gasteiger partial charge is 0.277 e. The number of aryl methyl sites for hydroxylation is 1. The molecule has 1 aliphatic heterocycles. The molecule has 31 heavy (non-hydrogen) atoms. The van der Waals surface area contributed by atoms with Crippen molar-refractivity contribution in [2.24, 2.45) is 0 Å². The van der Waals surface area contributed by atoms with Crippen LogP contribution in [0.2, 0.25) is 0 Å². The van der Waals surface area contributed by atoms with Crippen molar-refractivity contribution in [3.63, 3.8) is 0 Å². The fourth-order valence-corrected chi connectivity index (χ4v) is 4.91. The van der Waals surface area contributed by atoms with Gasteiger partial charge in [-0.1, -0.05) is 37.1 Å². The van der Waals surface area contributed by atoms with Gasteiger partial charge in [-0.25, -0.2) is 4.98 Å². The number of hydrogen-bond acceptors (Lipinski definition) is 4. The lowest BCUT2D eigenvalue weighted by atomic mass is 9.97. The predicted octanol–water partition coefficient (Wildman–Crippen LogP) is 5.20. The van der Waals surface area contributed by atoms with Crippen LogP contribution in [0.5, 0.6) is 5.75 Å². The van der Waals surface area contributed by atoms with Crippen LogP contribution in [0.3, 0.4) is 0 Å². The van der Waals surface area contributed by atoms with E-state index in [1.54, 1.807) is 18.2 Å². The third-order valence-corrected chi connectivity index (χ3v) is 6.65. The van der Waals surface area contributed by atoms with Gasteiger partial charge in [-0.15, -0.1) is 0 Å². The van der Waals surface area contributed by atoms with Crippen LogP contribution in [0.4, 0.5) is 0 Å². The number of rotatable bonds is 7. The zero-order valence-electron chi connectivity index (χ0n) is 18.6. The lowest BCUT2D eigenvalue weighted by Crippen LogP contribution is -2.44. The molecule has 1 aromatic heterocycles. The second-order valence-electron chi connectivity index (χ2n) is 8.88. The van der Waals surface area contributed by atoms with E-state index in [1.807, 2.05) is 34.9 Å². The Balaban J connectivity index is 1.49. The molecule has 4 rings (SSSR count). The largest absolute Gasteiger partial charge is 0.508 e. The Morgan fingerprint density at radius 2 is 1.71 bits per heavy atom. The molecule has 2 heterocycles. The Hall–Kier alpha value is -2.66. The standard InChI is InChI=1S/C26H33N3O2/c1-19-10-8-11-20(2)28(19)16-6-3-7-17-29-24-15-5-4-14-23(24)27-25(26(29)31)21-12-9-13-22(30)18-21/h4-5,9,12-15,18-20,30H,3,6-8,10-11,16-17H2,1-2H3/t19-,20+. The van der Waals surface area contributed by atoms with Gasteiger partial charge in [0.1, 0.15) is 11.4 Å². The quantitative estimate of drug-likeness (QED) is 0.535. The molecule has 2 aromatic carbocycles. The van der Waals surface area contributed by atoms with Crippen LogP contribution in [0.1, 0.15) is 52.4 Å². The topological polar surface area (TPSA) is 58.4 Å². The van der Waals surface area contributed by atoms with E-state index in [0.29, 0.717) is 29.9 Å². The molecular weight excluding hydrogens is 386 g/mol. The summed E-state index contributed by atoms with van der Waals surface area (Å²) in [5, 5.41) is 9.85. The van der Waals surface area contributed by atoms with Crippen molar-refractivity contribution < 1.29 is 5.11 Å². The predicted molar refractivity (Wildman–Crippen MR) is 126 cm³/mol. The number of likely N-dealkylation sites (tertiary alicyclic amines) is 1. The van der Waals surface area contributed by atoms with Crippen molar-refractivity contribution in [3.05, 3.63) is 58.9 Å². The molecule has 1 aliphatic rings. The first-order chi connectivity index (χ1) is 15.0. The molecule has 5 heteroatoms. The van der Waals surface area contributed by atoms with Crippen LogP contribution in [-0.4, -0.2) is 38.2 Å². The molecule has 0 unspecified atom stereocenters. The molecule has 0 bridgehead atoms. The van der Waals surface area contributed by atoms with Crippen molar-refractivity contribution in [3.8, 4) is 17.0 Å². The van der Waals surface area contributed by atoms with E-state index in [1.165, 1.54) is 19.3 Å². The van der Waals surface area contributed by atoms with Gasteiger partial charge in [-0.05, 0) is 70.3 Å². The summed E-state index contributed by atoms with van der Waals surface area (Å²) in [6.07, 6.45) is 7.18. The summed E-state index contributed by atoms with van der Waals surface area (Å²) in [5.41, 5.74) is 2.62. The minimum absolute atomic E-state index is 0.0948. The van der Waals surface area contributed by atoms with Gasteiger partial charge in [0, 0.05) is 24.2 Å². The number of piperidine rings is 1. The Morgan fingerprint density at radius 3 is 2.48 bits per heavy atom. The fraction of sp³-hybridized carbons (Fsp3) is 0.462. The zero-order chi connectivity index (χ0) is 21.8. The summed E-state index contributed by atoms with van der Waals surface area (Å²) in [4.78, 5) is 20.6. The molecule has 0 amide bonds. The monoisotopic (exact) mass is 419 g/mol. The molecule has 2 atom stereocenters. The summed E-state index contributed by atoms with van der Waals surface area (Å²) in [6, 6.07) is 15.9. The van der Waals surface area contributed by atoms with Gasteiger partial charge >= 0.3 is 0 Å². The van der Waals surface area contributed by atoms with Crippen LogP contribution in [0.15, 0.2) is 53.3 Å². The average molecular weight is 420 g/mol. The maximum absolute atomic E-state index is 13.3. The number of phenols is 1. The molecule has 0 spiro atoms. The van der Waals surface area contributed by atoms with Crippen LogP contribution in [0.25, 0.3) is 22.3 Å². The maximum Gasteiger partial charge on any atom is 0.277 e. The second kappa shape index (κ2) is 9.65. The second-order valence-corrected chi connectivity index (χ2v) is 8.88. The molecule has 1 fully saturated rings. The number of aromatic nitrogens is 2. The van der Waals surface area contributed by atoms with Gasteiger partial charge in [0.25, 0.3) is 5.56 Å². The van der Waals surface area contributed by atoms with Gasteiger partial charge < -0.3 is 9.67 Å². The number of unbranched alkanes of at least 4 members (excludes halogenated alkanes) is 2. The normalized spacial score (nSPS) is 19.7. The van der Waals surface area contributed by atoms with Gasteiger partial charge in [-0.2, -0.15) is 0 Å². The summed E-state index contributed by atoms with van der Waals surface area (Å²) < 4.78 is 1.86. The number of hydrogen-bond donors (Lipinski definition) is 1. The molecule has 1 N–H and O–H groups in total. The Kier molecular flexibility index (Phi) is 6.71. The Morgan fingerprint density at radius 1 is 0.968 bits per heavy atom.